The number of nitrogens with one attached hydrogen (secondary N) is 1. The summed E-state index contributed by atoms with van der Waals surface area (Å²) in [7, 11) is -3.89. The Balaban J connectivity index is 2.14. The molecule has 5 nitrogen and oxygen atoms in total. The number of aromatic nitrogens is 2. The summed E-state index contributed by atoms with van der Waals surface area (Å²) in [6.07, 6.45) is 0. The first-order chi connectivity index (χ1) is 12.6. The van der Waals surface area contributed by atoms with Crippen LogP contribution in [0.2, 0.25) is 0 Å². The van der Waals surface area contributed by atoms with Crippen molar-refractivity contribution in [2.45, 2.75) is 38.0 Å². The lowest BCUT2D eigenvalue weighted by molar-refractivity contribution is 0.557. The third-order valence-corrected chi connectivity index (χ3v) is 5.54. The van der Waals surface area contributed by atoms with Gasteiger partial charge in [-0.25, -0.2) is 17.5 Å². The Bertz CT molecular complexity index is 1050. The van der Waals surface area contributed by atoms with E-state index in [2.05, 4.69) is 9.82 Å². The predicted molar refractivity (Wildman–Crippen MR) is 104 cm³/mol. The van der Waals surface area contributed by atoms with E-state index in [1.807, 2.05) is 58.0 Å². The molecule has 0 aliphatic rings. The summed E-state index contributed by atoms with van der Waals surface area (Å²) in [6, 6.07) is 14.0. The lowest BCUT2D eigenvalue weighted by Gasteiger charge is -2.16. The molecule has 0 atom stereocenters. The standard InChI is InChI=1S/C20H22FN3O2S/c1-14-18(20(2,3)4)22-24(16-8-6-5-7-9-16)19(14)23-27(25,26)17-12-10-15(21)11-13-17/h5-13,23H,1-4H3. The second kappa shape index (κ2) is 6.81. The SMILES string of the molecule is Cc1c(C(C)(C)C)nn(-c2ccccc2)c1NS(=O)(=O)c1ccc(F)cc1. The summed E-state index contributed by atoms with van der Waals surface area (Å²) in [4.78, 5) is -0.0126. The maximum atomic E-state index is 13.2. The Morgan fingerprint density at radius 1 is 1.00 bits per heavy atom. The zero-order chi connectivity index (χ0) is 19.8. The summed E-state index contributed by atoms with van der Waals surface area (Å²) in [5.74, 6) is -0.120. The average molecular weight is 387 g/mol. The summed E-state index contributed by atoms with van der Waals surface area (Å²) in [6.45, 7) is 7.91. The van der Waals surface area contributed by atoms with Gasteiger partial charge in [-0.3, -0.25) is 4.72 Å². The Kier molecular flexibility index (Phi) is 4.82. The van der Waals surface area contributed by atoms with Crippen molar-refractivity contribution in [2.75, 3.05) is 4.72 Å². The second-order valence-corrected chi connectivity index (χ2v) is 9.06. The molecule has 0 radical (unpaired) electrons. The van der Waals surface area contributed by atoms with Crippen molar-refractivity contribution in [2.24, 2.45) is 0 Å². The van der Waals surface area contributed by atoms with E-state index in [1.165, 1.54) is 12.1 Å². The highest BCUT2D eigenvalue weighted by Gasteiger charge is 2.27. The first-order valence-electron chi connectivity index (χ1n) is 8.53. The summed E-state index contributed by atoms with van der Waals surface area (Å²) in [5.41, 5.74) is 2.02. The maximum absolute atomic E-state index is 13.2. The summed E-state index contributed by atoms with van der Waals surface area (Å²) in [5, 5.41) is 4.67. The quantitative estimate of drug-likeness (QED) is 0.721. The molecule has 1 aromatic heterocycles. The van der Waals surface area contributed by atoms with Crippen molar-refractivity contribution in [3.63, 3.8) is 0 Å². The lowest BCUT2D eigenvalue weighted by atomic mass is 9.90. The highest BCUT2D eigenvalue weighted by molar-refractivity contribution is 7.92. The van der Waals surface area contributed by atoms with Gasteiger partial charge in [0.1, 0.15) is 11.6 Å². The minimum absolute atomic E-state index is 0.0126. The number of hydrogen-bond acceptors (Lipinski definition) is 3. The third-order valence-electron chi connectivity index (χ3n) is 4.19. The van der Waals surface area contributed by atoms with Crippen LogP contribution in [0.25, 0.3) is 5.69 Å². The molecule has 0 aliphatic carbocycles. The minimum Gasteiger partial charge on any atom is -0.263 e. The number of rotatable bonds is 4. The van der Waals surface area contributed by atoms with E-state index in [4.69, 9.17) is 0 Å². The first-order valence-corrected chi connectivity index (χ1v) is 10.0. The fourth-order valence-corrected chi connectivity index (χ4v) is 3.99. The molecule has 0 saturated carbocycles. The van der Waals surface area contributed by atoms with Crippen LogP contribution in [0.1, 0.15) is 32.0 Å². The van der Waals surface area contributed by atoms with Crippen molar-refractivity contribution in [1.82, 2.24) is 9.78 Å². The van der Waals surface area contributed by atoms with Gasteiger partial charge in [-0.1, -0.05) is 39.0 Å². The maximum Gasteiger partial charge on any atom is 0.263 e. The van der Waals surface area contributed by atoms with Crippen molar-refractivity contribution < 1.29 is 12.8 Å². The van der Waals surface area contributed by atoms with Crippen LogP contribution in [0.5, 0.6) is 0 Å². The number of anilines is 1. The molecular formula is C20H22FN3O2S. The van der Waals surface area contributed by atoms with Crippen molar-refractivity contribution >= 4 is 15.8 Å². The van der Waals surface area contributed by atoms with Gasteiger partial charge in [0, 0.05) is 11.0 Å². The Hall–Kier alpha value is -2.67. The van der Waals surface area contributed by atoms with Gasteiger partial charge in [-0.15, -0.1) is 0 Å². The van der Waals surface area contributed by atoms with E-state index in [-0.39, 0.29) is 10.3 Å². The van der Waals surface area contributed by atoms with E-state index in [9.17, 15) is 12.8 Å². The van der Waals surface area contributed by atoms with Gasteiger partial charge in [0.05, 0.1) is 16.3 Å². The highest BCUT2D eigenvalue weighted by atomic mass is 32.2. The Morgan fingerprint density at radius 3 is 2.15 bits per heavy atom. The predicted octanol–water partition coefficient (Wildman–Crippen LogP) is 4.42. The zero-order valence-corrected chi connectivity index (χ0v) is 16.5. The van der Waals surface area contributed by atoms with Crippen LogP contribution >= 0.6 is 0 Å². The number of nitrogens with zero attached hydrogens (tertiary/aromatic N) is 2. The van der Waals surface area contributed by atoms with Gasteiger partial charge >= 0.3 is 0 Å². The average Bonchev–Trinajstić information content (AvgIpc) is 2.92. The largest absolute Gasteiger partial charge is 0.263 e. The van der Waals surface area contributed by atoms with E-state index in [0.29, 0.717) is 5.82 Å². The number of hydrogen-bond donors (Lipinski definition) is 1. The van der Waals surface area contributed by atoms with Gasteiger partial charge < -0.3 is 0 Å². The fraction of sp³-hybridized carbons (Fsp3) is 0.250. The molecule has 3 rings (SSSR count). The summed E-state index contributed by atoms with van der Waals surface area (Å²) >= 11 is 0. The van der Waals surface area contributed by atoms with Crippen LogP contribution < -0.4 is 4.72 Å². The van der Waals surface area contributed by atoms with Crippen molar-refractivity contribution in [3.05, 3.63) is 71.7 Å². The van der Waals surface area contributed by atoms with Gasteiger partial charge in [0.25, 0.3) is 10.0 Å². The molecule has 0 unspecified atom stereocenters. The monoisotopic (exact) mass is 387 g/mol. The number of benzene rings is 2. The molecule has 1 N–H and O–H groups in total. The van der Waals surface area contributed by atoms with Crippen LogP contribution in [0.3, 0.4) is 0 Å². The molecule has 3 aromatic rings. The molecule has 142 valence electrons. The summed E-state index contributed by atoms with van der Waals surface area (Å²) < 4.78 is 43.0. The topological polar surface area (TPSA) is 64.0 Å². The van der Waals surface area contributed by atoms with Crippen LogP contribution in [-0.2, 0) is 15.4 Å². The number of halogens is 1. The van der Waals surface area contributed by atoms with Crippen LogP contribution in [0, 0.1) is 12.7 Å². The highest BCUT2D eigenvalue weighted by Crippen LogP contribution is 2.32. The molecule has 0 saturated heterocycles. The molecule has 7 heteroatoms. The van der Waals surface area contributed by atoms with Gasteiger partial charge in [-0.2, -0.15) is 5.10 Å². The molecule has 0 fully saturated rings. The molecule has 0 bridgehead atoms. The second-order valence-electron chi connectivity index (χ2n) is 7.38. The minimum atomic E-state index is -3.89. The fourth-order valence-electron chi connectivity index (χ4n) is 2.88. The normalized spacial score (nSPS) is 12.2. The van der Waals surface area contributed by atoms with E-state index < -0.39 is 15.8 Å². The molecule has 0 amide bonds. The third kappa shape index (κ3) is 3.88. The van der Waals surface area contributed by atoms with Crippen LogP contribution in [0.4, 0.5) is 10.2 Å². The molecule has 0 spiro atoms. The Morgan fingerprint density at radius 2 is 1.59 bits per heavy atom. The molecule has 27 heavy (non-hydrogen) atoms. The van der Waals surface area contributed by atoms with Crippen LogP contribution in [-0.4, -0.2) is 18.2 Å². The lowest BCUT2D eigenvalue weighted by Crippen LogP contribution is -2.16. The van der Waals surface area contributed by atoms with E-state index in [0.717, 1.165) is 29.1 Å². The van der Waals surface area contributed by atoms with Gasteiger partial charge in [-0.05, 0) is 43.3 Å². The molecule has 0 aliphatic heterocycles. The van der Waals surface area contributed by atoms with E-state index in [1.54, 1.807) is 4.68 Å². The Labute approximate surface area is 158 Å². The van der Waals surface area contributed by atoms with Gasteiger partial charge in [0.15, 0.2) is 0 Å². The first kappa shape index (κ1) is 19.1. The number of sulfonamides is 1. The smallest absolute Gasteiger partial charge is 0.263 e. The van der Waals surface area contributed by atoms with Crippen molar-refractivity contribution in [3.8, 4) is 5.69 Å². The van der Waals surface area contributed by atoms with Crippen molar-refractivity contribution in [1.29, 1.82) is 0 Å². The van der Waals surface area contributed by atoms with E-state index >= 15 is 0 Å². The van der Waals surface area contributed by atoms with Crippen LogP contribution in [0.15, 0.2) is 59.5 Å². The molecular weight excluding hydrogens is 365 g/mol. The molecule has 2 aromatic carbocycles. The van der Waals surface area contributed by atoms with Gasteiger partial charge in [0.2, 0.25) is 0 Å². The zero-order valence-electron chi connectivity index (χ0n) is 15.7. The number of para-hydroxylation sites is 1. The molecule has 1 heterocycles.